The normalized spacial score (nSPS) is 15.8. The lowest BCUT2D eigenvalue weighted by Crippen LogP contribution is -2.35. The average molecular weight is 343 g/mol. The van der Waals surface area contributed by atoms with E-state index in [0.29, 0.717) is 5.69 Å². The summed E-state index contributed by atoms with van der Waals surface area (Å²) < 4.78 is 36.5. The van der Waals surface area contributed by atoms with E-state index in [1.54, 1.807) is 13.0 Å². The molecule has 2 rings (SSSR count). The van der Waals surface area contributed by atoms with Crippen LogP contribution >= 0.6 is 0 Å². The summed E-state index contributed by atoms with van der Waals surface area (Å²) in [7, 11) is 0. The Hall–Kier alpha value is -2.09. The highest BCUT2D eigenvalue weighted by molar-refractivity contribution is 5.98. The van der Waals surface area contributed by atoms with Gasteiger partial charge in [0.2, 0.25) is 5.91 Å². The van der Waals surface area contributed by atoms with Crippen molar-refractivity contribution < 1.29 is 22.8 Å². The first-order valence-corrected chi connectivity index (χ1v) is 7.73. The predicted octanol–water partition coefficient (Wildman–Crippen LogP) is 2.23. The summed E-state index contributed by atoms with van der Waals surface area (Å²) in [6.45, 7) is 1.92. The standard InChI is InChI=1S/C16H20F3N3O2/c1-10-2-3-12(14(23)21-9-16(17,18)19)8-13(10)22-15(24)11-4-6-20-7-5-11/h2-3,8,11,20H,4-7,9H2,1H3,(H,21,23)(H,22,24). The number of nitrogens with one attached hydrogen (secondary N) is 3. The van der Waals surface area contributed by atoms with Crippen LogP contribution in [0.1, 0.15) is 28.8 Å². The lowest BCUT2D eigenvalue weighted by atomic mass is 9.97. The van der Waals surface area contributed by atoms with E-state index in [4.69, 9.17) is 0 Å². The van der Waals surface area contributed by atoms with Gasteiger partial charge in [-0.1, -0.05) is 6.07 Å². The van der Waals surface area contributed by atoms with Crippen LogP contribution in [0.4, 0.5) is 18.9 Å². The smallest absolute Gasteiger partial charge is 0.343 e. The minimum absolute atomic E-state index is 0.0745. The number of carbonyl (C=O) groups excluding carboxylic acids is 2. The largest absolute Gasteiger partial charge is 0.405 e. The molecule has 0 radical (unpaired) electrons. The van der Waals surface area contributed by atoms with E-state index >= 15 is 0 Å². The molecule has 24 heavy (non-hydrogen) atoms. The first-order chi connectivity index (χ1) is 11.3. The summed E-state index contributed by atoms with van der Waals surface area (Å²) in [6, 6.07) is 4.43. The van der Waals surface area contributed by atoms with Crippen molar-refractivity contribution in [2.24, 2.45) is 5.92 Å². The molecule has 1 heterocycles. The van der Waals surface area contributed by atoms with Crippen LogP contribution in [-0.4, -0.2) is 37.6 Å². The highest BCUT2D eigenvalue weighted by Crippen LogP contribution is 2.21. The summed E-state index contributed by atoms with van der Waals surface area (Å²) >= 11 is 0. The number of amides is 2. The summed E-state index contributed by atoms with van der Waals surface area (Å²) in [5.74, 6) is -1.06. The minimum Gasteiger partial charge on any atom is -0.343 e. The fourth-order valence-corrected chi connectivity index (χ4v) is 2.50. The molecule has 1 aromatic carbocycles. The van der Waals surface area contributed by atoms with E-state index < -0.39 is 18.6 Å². The van der Waals surface area contributed by atoms with Crippen molar-refractivity contribution in [3.05, 3.63) is 29.3 Å². The van der Waals surface area contributed by atoms with Crippen molar-refractivity contribution in [3.8, 4) is 0 Å². The van der Waals surface area contributed by atoms with Gasteiger partial charge in [-0.25, -0.2) is 0 Å². The Bertz CT molecular complexity index is 611. The molecule has 8 heteroatoms. The Morgan fingerprint density at radius 2 is 1.92 bits per heavy atom. The predicted molar refractivity (Wildman–Crippen MR) is 83.8 cm³/mol. The number of rotatable bonds is 4. The van der Waals surface area contributed by atoms with Crippen LogP contribution in [0.3, 0.4) is 0 Å². The van der Waals surface area contributed by atoms with Gasteiger partial charge in [0.1, 0.15) is 6.54 Å². The van der Waals surface area contributed by atoms with Crippen LogP contribution in [0.2, 0.25) is 0 Å². The Kier molecular flexibility index (Phi) is 5.82. The molecule has 132 valence electrons. The summed E-state index contributed by atoms with van der Waals surface area (Å²) in [5.41, 5.74) is 1.26. The second kappa shape index (κ2) is 7.65. The van der Waals surface area contributed by atoms with E-state index in [-0.39, 0.29) is 17.4 Å². The monoisotopic (exact) mass is 343 g/mol. The average Bonchev–Trinajstić information content (AvgIpc) is 2.54. The topological polar surface area (TPSA) is 70.2 Å². The van der Waals surface area contributed by atoms with Gasteiger partial charge in [0.15, 0.2) is 0 Å². The van der Waals surface area contributed by atoms with E-state index in [2.05, 4.69) is 10.6 Å². The first kappa shape index (κ1) is 18.3. The zero-order valence-electron chi connectivity index (χ0n) is 13.3. The molecule has 1 saturated heterocycles. The van der Waals surface area contributed by atoms with Gasteiger partial charge >= 0.3 is 6.18 Å². The van der Waals surface area contributed by atoms with Gasteiger partial charge in [0.05, 0.1) is 0 Å². The Morgan fingerprint density at radius 1 is 1.25 bits per heavy atom. The van der Waals surface area contributed by atoms with Crippen LogP contribution in [-0.2, 0) is 4.79 Å². The number of aryl methyl sites for hydroxylation is 1. The van der Waals surface area contributed by atoms with E-state index in [1.807, 2.05) is 5.32 Å². The molecule has 3 N–H and O–H groups in total. The van der Waals surface area contributed by atoms with Crippen LogP contribution in [0.5, 0.6) is 0 Å². The van der Waals surface area contributed by atoms with Crippen molar-refractivity contribution in [3.63, 3.8) is 0 Å². The number of carbonyl (C=O) groups is 2. The molecular formula is C16H20F3N3O2. The summed E-state index contributed by atoms with van der Waals surface area (Å²) in [6.07, 6.45) is -3.00. The third kappa shape index (κ3) is 5.23. The molecule has 0 bridgehead atoms. The molecule has 0 aromatic heterocycles. The van der Waals surface area contributed by atoms with E-state index in [9.17, 15) is 22.8 Å². The quantitative estimate of drug-likeness (QED) is 0.785. The summed E-state index contributed by atoms with van der Waals surface area (Å²) in [4.78, 5) is 24.1. The number of piperidine rings is 1. The number of hydrogen-bond donors (Lipinski definition) is 3. The Labute approximate surface area is 138 Å². The van der Waals surface area contributed by atoms with Gasteiger partial charge in [0.25, 0.3) is 5.91 Å². The van der Waals surface area contributed by atoms with Crippen molar-refractivity contribution in [2.45, 2.75) is 25.9 Å². The van der Waals surface area contributed by atoms with Gasteiger partial charge in [-0.2, -0.15) is 13.2 Å². The van der Waals surface area contributed by atoms with E-state index in [0.717, 1.165) is 31.5 Å². The molecule has 0 aliphatic carbocycles. The van der Waals surface area contributed by atoms with Crippen LogP contribution in [0, 0.1) is 12.8 Å². The molecule has 1 aliphatic heterocycles. The highest BCUT2D eigenvalue weighted by atomic mass is 19.4. The molecule has 0 saturated carbocycles. The number of halogens is 3. The lowest BCUT2D eigenvalue weighted by molar-refractivity contribution is -0.123. The molecule has 1 aliphatic rings. The lowest BCUT2D eigenvalue weighted by Gasteiger charge is -2.22. The summed E-state index contributed by atoms with van der Waals surface area (Å²) in [5, 5.41) is 7.77. The Balaban J connectivity index is 2.04. The maximum Gasteiger partial charge on any atom is 0.405 e. The molecule has 5 nitrogen and oxygen atoms in total. The zero-order chi connectivity index (χ0) is 17.7. The fourth-order valence-electron chi connectivity index (χ4n) is 2.50. The van der Waals surface area contributed by atoms with Crippen molar-refractivity contribution in [1.29, 1.82) is 0 Å². The minimum atomic E-state index is -4.47. The van der Waals surface area contributed by atoms with Gasteiger partial charge in [0, 0.05) is 17.2 Å². The number of benzene rings is 1. The number of anilines is 1. The SMILES string of the molecule is Cc1ccc(C(=O)NCC(F)(F)F)cc1NC(=O)C1CCNCC1. The third-order valence-electron chi connectivity index (χ3n) is 3.92. The molecule has 0 unspecified atom stereocenters. The maximum atomic E-state index is 12.3. The molecule has 0 spiro atoms. The first-order valence-electron chi connectivity index (χ1n) is 7.73. The van der Waals surface area contributed by atoms with E-state index in [1.165, 1.54) is 12.1 Å². The maximum absolute atomic E-state index is 12.3. The Morgan fingerprint density at radius 3 is 2.54 bits per heavy atom. The van der Waals surface area contributed by atoms with Gasteiger partial charge < -0.3 is 16.0 Å². The van der Waals surface area contributed by atoms with Crippen molar-refractivity contribution in [2.75, 3.05) is 25.0 Å². The second-order valence-electron chi connectivity index (χ2n) is 5.84. The zero-order valence-corrected chi connectivity index (χ0v) is 13.3. The molecule has 0 atom stereocenters. The van der Waals surface area contributed by atoms with Gasteiger partial charge in [-0.15, -0.1) is 0 Å². The van der Waals surface area contributed by atoms with Gasteiger partial charge in [-0.05, 0) is 50.6 Å². The third-order valence-corrected chi connectivity index (χ3v) is 3.92. The van der Waals surface area contributed by atoms with Crippen LogP contribution < -0.4 is 16.0 Å². The number of hydrogen-bond acceptors (Lipinski definition) is 3. The highest BCUT2D eigenvalue weighted by Gasteiger charge is 2.28. The van der Waals surface area contributed by atoms with Gasteiger partial charge in [-0.3, -0.25) is 9.59 Å². The molecule has 1 aromatic rings. The van der Waals surface area contributed by atoms with Crippen LogP contribution in [0.25, 0.3) is 0 Å². The molecule has 2 amide bonds. The second-order valence-corrected chi connectivity index (χ2v) is 5.84. The van der Waals surface area contributed by atoms with Crippen molar-refractivity contribution in [1.82, 2.24) is 10.6 Å². The fraction of sp³-hybridized carbons (Fsp3) is 0.500. The molecular weight excluding hydrogens is 323 g/mol. The van der Waals surface area contributed by atoms with Crippen molar-refractivity contribution >= 4 is 17.5 Å². The van der Waals surface area contributed by atoms with Crippen LogP contribution in [0.15, 0.2) is 18.2 Å². The number of alkyl halides is 3. The molecule has 1 fully saturated rings.